The summed E-state index contributed by atoms with van der Waals surface area (Å²) in [6.07, 6.45) is 3.51. The number of nitrogens with two attached hydrogens (primary N) is 1. The number of nitrogens with one attached hydrogen (secondary N) is 1. The van der Waals surface area contributed by atoms with Crippen molar-refractivity contribution in [2.24, 2.45) is 11.7 Å². The second kappa shape index (κ2) is 8.08. The first-order valence-electron chi connectivity index (χ1n) is 7.75. The third-order valence-electron chi connectivity index (χ3n) is 4.33. The van der Waals surface area contributed by atoms with E-state index >= 15 is 0 Å². The van der Waals surface area contributed by atoms with E-state index < -0.39 is 0 Å². The number of fused-ring (bicyclic) bond motifs is 1. The van der Waals surface area contributed by atoms with Gasteiger partial charge >= 0.3 is 0 Å². The van der Waals surface area contributed by atoms with E-state index in [0.717, 1.165) is 24.8 Å². The molecule has 2 unspecified atom stereocenters. The lowest BCUT2D eigenvalue weighted by Gasteiger charge is -2.21. The fourth-order valence-electron chi connectivity index (χ4n) is 3.22. The highest BCUT2D eigenvalue weighted by Gasteiger charge is 2.27. The maximum atomic E-state index is 12.2. The van der Waals surface area contributed by atoms with Gasteiger partial charge in [0.25, 0.3) is 0 Å². The van der Waals surface area contributed by atoms with Crippen molar-refractivity contribution in [1.29, 1.82) is 0 Å². The average molecular weight is 361 g/mol. The van der Waals surface area contributed by atoms with Gasteiger partial charge in [-0.15, -0.1) is 12.4 Å². The highest BCUT2D eigenvalue weighted by Crippen LogP contribution is 2.38. The first kappa shape index (κ1) is 18.2. The van der Waals surface area contributed by atoms with Crippen LogP contribution in [0.2, 0.25) is 5.02 Å². The van der Waals surface area contributed by atoms with Crippen LogP contribution in [0.1, 0.15) is 24.8 Å². The summed E-state index contributed by atoms with van der Waals surface area (Å²) in [7, 11) is 0. The molecule has 1 fully saturated rings. The Hall–Kier alpha value is -1.17. The fraction of sp³-hybridized carbons (Fsp3) is 0.562. The maximum Gasteiger partial charge on any atom is 0.224 e. The van der Waals surface area contributed by atoms with Crippen LogP contribution in [-0.4, -0.2) is 31.7 Å². The molecular weight excluding hydrogens is 339 g/mol. The van der Waals surface area contributed by atoms with Crippen molar-refractivity contribution < 1.29 is 14.3 Å². The largest absolute Gasteiger partial charge is 0.486 e. The molecule has 1 heterocycles. The average Bonchev–Trinajstić information content (AvgIpc) is 2.94. The number of carbonyl (C=O) groups excluding carboxylic acids is 1. The van der Waals surface area contributed by atoms with E-state index in [1.54, 1.807) is 6.07 Å². The first-order valence-corrected chi connectivity index (χ1v) is 8.12. The van der Waals surface area contributed by atoms with Crippen molar-refractivity contribution in [3.8, 4) is 11.5 Å². The molecule has 0 aromatic heterocycles. The predicted octanol–water partition coefficient (Wildman–Crippen LogP) is 2.32. The maximum absolute atomic E-state index is 12.2. The van der Waals surface area contributed by atoms with Crippen molar-refractivity contribution in [3.05, 3.63) is 22.7 Å². The summed E-state index contributed by atoms with van der Waals surface area (Å²) in [6.45, 7) is 1.62. The van der Waals surface area contributed by atoms with Crippen molar-refractivity contribution >= 4 is 29.9 Å². The summed E-state index contributed by atoms with van der Waals surface area (Å²) in [4.78, 5) is 12.2. The first-order chi connectivity index (χ1) is 10.7. The van der Waals surface area contributed by atoms with Crippen LogP contribution in [0.3, 0.4) is 0 Å². The van der Waals surface area contributed by atoms with Crippen molar-refractivity contribution in [3.63, 3.8) is 0 Å². The minimum atomic E-state index is -0.00176. The summed E-state index contributed by atoms with van der Waals surface area (Å²) in [6, 6.07) is 3.80. The van der Waals surface area contributed by atoms with Crippen molar-refractivity contribution in [2.75, 3.05) is 19.8 Å². The Labute approximate surface area is 147 Å². The van der Waals surface area contributed by atoms with Crippen LogP contribution in [0.4, 0.5) is 0 Å². The van der Waals surface area contributed by atoms with Gasteiger partial charge in [0.2, 0.25) is 5.91 Å². The second-order valence-electron chi connectivity index (χ2n) is 5.88. The molecule has 0 bridgehead atoms. The van der Waals surface area contributed by atoms with E-state index in [-0.39, 0.29) is 30.8 Å². The van der Waals surface area contributed by atoms with Crippen LogP contribution in [0, 0.1) is 5.92 Å². The SMILES string of the molecule is Cl.NCC1CCCC1NC(=O)Cc1cc(Cl)c2c(c1)OCCO2. The highest BCUT2D eigenvalue weighted by molar-refractivity contribution is 6.32. The van der Waals surface area contributed by atoms with Crippen molar-refractivity contribution in [2.45, 2.75) is 31.7 Å². The van der Waals surface area contributed by atoms with Gasteiger partial charge in [-0.05, 0) is 43.0 Å². The van der Waals surface area contributed by atoms with E-state index in [0.29, 0.717) is 42.2 Å². The van der Waals surface area contributed by atoms with Gasteiger partial charge in [-0.3, -0.25) is 4.79 Å². The number of hydrogen-bond acceptors (Lipinski definition) is 4. The molecule has 0 saturated heterocycles. The number of halogens is 2. The molecule has 5 nitrogen and oxygen atoms in total. The van der Waals surface area contributed by atoms with Crippen molar-refractivity contribution in [1.82, 2.24) is 5.32 Å². The Balaban J connectivity index is 0.00000192. The van der Waals surface area contributed by atoms with E-state index in [1.165, 1.54) is 0 Å². The summed E-state index contributed by atoms with van der Waals surface area (Å²) in [5, 5.41) is 3.58. The lowest BCUT2D eigenvalue weighted by atomic mass is 10.0. The minimum absolute atomic E-state index is 0. The number of rotatable bonds is 4. The Bertz CT molecular complexity index is 569. The molecule has 2 atom stereocenters. The zero-order chi connectivity index (χ0) is 15.5. The van der Waals surface area contributed by atoms with Crippen LogP contribution in [0.15, 0.2) is 12.1 Å². The van der Waals surface area contributed by atoms with Crippen LogP contribution in [0.25, 0.3) is 0 Å². The molecule has 1 aliphatic carbocycles. The molecule has 0 radical (unpaired) electrons. The topological polar surface area (TPSA) is 73.6 Å². The molecule has 1 amide bonds. The molecule has 2 aliphatic rings. The number of hydrogen-bond donors (Lipinski definition) is 2. The zero-order valence-corrected chi connectivity index (χ0v) is 14.4. The van der Waals surface area contributed by atoms with Gasteiger partial charge in [0.05, 0.1) is 11.4 Å². The van der Waals surface area contributed by atoms with Gasteiger partial charge in [0.15, 0.2) is 11.5 Å². The molecule has 7 heteroatoms. The predicted molar refractivity (Wildman–Crippen MR) is 91.7 cm³/mol. The molecule has 3 N–H and O–H groups in total. The standard InChI is InChI=1S/C16H21ClN2O3.ClH/c17-12-6-10(7-14-16(12)22-5-4-21-14)8-15(20)19-13-3-1-2-11(13)9-18;/h6-7,11,13H,1-5,8-9,18H2,(H,19,20);1H. The lowest BCUT2D eigenvalue weighted by molar-refractivity contribution is -0.121. The normalized spacial score (nSPS) is 22.3. The van der Waals surface area contributed by atoms with Crippen LogP contribution in [0.5, 0.6) is 11.5 Å². The number of ether oxygens (including phenoxy) is 2. The van der Waals surface area contributed by atoms with Gasteiger partial charge in [-0.1, -0.05) is 18.0 Å². The van der Waals surface area contributed by atoms with Gasteiger partial charge < -0.3 is 20.5 Å². The molecule has 1 saturated carbocycles. The Morgan fingerprint density at radius 1 is 1.30 bits per heavy atom. The number of amides is 1. The summed E-state index contributed by atoms with van der Waals surface area (Å²) < 4.78 is 11.0. The number of carbonyl (C=O) groups is 1. The quantitative estimate of drug-likeness (QED) is 0.863. The third-order valence-corrected chi connectivity index (χ3v) is 4.61. The Morgan fingerprint density at radius 2 is 2.09 bits per heavy atom. The molecule has 0 spiro atoms. The van der Waals surface area contributed by atoms with Gasteiger partial charge in [0.1, 0.15) is 13.2 Å². The van der Waals surface area contributed by atoms with E-state index in [9.17, 15) is 4.79 Å². The Kier molecular flexibility index (Phi) is 6.39. The molecule has 23 heavy (non-hydrogen) atoms. The minimum Gasteiger partial charge on any atom is -0.486 e. The zero-order valence-electron chi connectivity index (χ0n) is 12.8. The summed E-state index contributed by atoms with van der Waals surface area (Å²) in [5.74, 6) is 1.57. The van der Waals surface area contributed by atoms with Gasteiger partial charge in [-0.25, -0.2) is 0 Å². The summed E-state index contributed by atoms with van der Waals surface area (Å²) >= 11 is 6.19. The van der Waals surface area contributed by atoms with E-state index in [1.807, 2.05) is 6.07 Å². The van der Waals surface area contributed by atoms with Crippen LogP contribution < -0.4 is 20.5 Å². The molecule has 1 aliphatic heterocycles. The monoisotopic (exact) mass is 360 g/mol. The highest BCUT2D eigenvalue weighted by atomic mass is 35.5. The number of benzene rings is 1. The fourth-order valence-corrected chi connectivity index (χ4v) is 3.51. The van der Waals surface area contributed by atoms with Gasteiger partial charge in [0, 0.05) is 6.04 Å². The van der Waals surface area contributed by atoms with Crippen LogP contribution in [-0.2, 0) is 11.2 Å². The molecule has 1 aromatic carbocycles. The van der Waals surface area contributed by atoms with Gasteiger partial charge in [-0.2, -0.15) is 0 Å². The summed E-state index contributed by atoms with van der Waals surface area (Å²) in [5.41, 5.74) is 6.58. The third kappa shape index (κ3) is 4.22. The second-order valence-corrected chi connectivity index (χ2v) is 6.29. The molecule has 128 valence electrons. The lowest BCUT2D eigenvalue weighted by Crippen LogP contribution is -2.40. The molecule has 1 aromatic rings. The Morgan fingerprint density at radius 3 is 2.87 bits per heavy atom. The molecule has 3 rings (SSSR count). The smallest absolute Gasteiger partial charge is 0.224 e. The van der Waals surface area contributed by atoms with Crippen LogP contribution >= 0.6 is 24.0 Å². The van der Waals surface area contributed by atoms with E-state index in [4.69, 9.17) is 26.8 Å². The van der Waals surface area contributed by atoms with E-state index in [2.05, 4.69) is 5.32 Å². The molecular formula is C16H22Cl2N2O3.